The summed E-state index contributed by atoms with van der Waals surface area (Å²) in [5.41, 5.74) is 1.16. The topological polar surface area (TPSA) is 21.3 Å². The largest absolute Gasteiger partial charge is 0.353 e. The second-order valence-corrected chi connectivity index (χ2v) is 3.42. The van der Waals surface area contributed by atoms with Crippen LogP contribution < -0.4 is 5.32 Å². The molecule has 2 rings (SSSR count). The quantitative estimate of drug-likeness (QED) is 0.732. The first-order valence-electron chi connectivity index (χ1n) is 4.40. The summed E-state index contributed by atoms with van der Waals surface area (Å²) in [6.45, 7) is 0.836. The van der Waals surface area contributed by atoms with Gasteiger partial charge in [0.1, 0.15) is 6.23 Å². The normalized spacial score (nSPS) is 27.8. The maximum atomic E-state index is 5.70. The zero-order chi connectivity index (χ0) is 9.10. The summed E-state index contributed by atoms with van der Waals surface area (Å²) in [7, 11) is 0. The molecule has 1 aliphatic rings. The third kappa shape index (κ3) is 2.02. The fourth-order valence-electron chi connectivity index (χ4n) is 1.44. The molecule has 1 aromatic rings. The van der Waals surface area contributed by atoms with Crippen LogP contribution >= 0.6 is 11.6 Å². The van der Waals surface area contributed by atoms with E-state index in [0.29, 0.717) is 5.88 Å². The van der Waals surface area contributed by atoms with Gasteiger partial charge in [-0.15, -0.1) is 11.6 Å². The Kier molecular flexibility index (Phi) is 2.83. The molecular weight excluding hydrogens is 186 g/mol. The Labute approximate surface area is 82.9 Å². The Morgan fingerprint density at radius 3 is 2.77 bits per heavy atom. The van der Waals surface area contributed by atoms with Gasteiger partial charge < -0.3 is 4.74 Å². The van der Waals surface area contributed by atoms with Crippen molar-refractivity contribution in [2.75, 3.05) is 12.4 Å². The molecule has 1 saturated heterocycles. The van der Waals surface area contributed by atoms with E-state index >= 15 is 0 Å². The van der Waals surface area contributed by atoms with Gasteiger partial charge in [-0.1, -0.05) is 30.3 Å². The fraction of sp³-hybridized carbons (Fsp3) is 0.400. The number of benzene rings is 1. The SMILES string of the molecule is ClC[C@H]1CN[C@H](c2ccccc2)O1. The number of halogens is 1. The molecule has 1 aliphatic heterocycles. The van der Waals surface area contributed by atoms with E-state index < -0.39 is 0 Å². The van der Waals surface area contributed by atoms with Gasteiger partial charge in [0.05, 0.1) is 6.10 Å². The molecule has 1 heterocycles. The van der Waals surface area contributed by atoms with Crippen LogP contribution in [0.15, 0.2) is 30.3 Å². The number of hydrogen-bond acceptors (Lipinski definition) is 2. The van der Waals surface area contributed by atoms with E-state index in [2.05, 4.69) is 5.32 Å². The molecular formula is C10H12ClNO. The van der Waals surface area contributed by atoms with Crippen molar-refractivity contribution in [1.82, 2.24) is 5.32 Å². The summed E-state index contributed by atoms with van der Waals surface area (Å²) in [6, 6.07) is 10.1. The van der Waals surface area contributed by atoms with Gasteiger partial charge in [-0.05, 0) is 5.56 Å². The molecule has 0 spiro atoms. The van der Waals surface area contributed by atoms with Crippen molar-refractivity contribution in [2.24, 2.45) is 0 Å². The van der Waals surface area contributed by atoms with Crippen molar-refractivity contribution in [3.63, 3.8) is 0 Å². The summed E-state index contributed by atoms with van der Waals surface area (Å²) in [5, 5.41) is 3.27. The number of hydrogen-bond donors (Lipinski definition) is 1. The molecule has 0 aromatic heterocycles. The van der Waals surface area contributed by atoms with Gasteiger partial charge in [0, 0.05) is 12.4 Å². The Balaban J connectivity index is 2.04. The van der Waals surface area contributed by atoms with Gasteiger partial charge >= 0.3 is 0 Å². The summed E-state index contributed by atoms with van der Waals surface area (Å²) in [4.78, 5) is 0. The molecule has 0 saturated carbocycles. The standard InChI is InChI=1S/C10H12ClNO/c11-6-9-7-12-10(13-9)8-4-2-1-3-5-8/h1-5,9-10,12H,6-7H2/t9-,10-/m0/s1. The summed E-state index contributed by atoms with van der Waals surface area (Å²) in [6.07, 6.45) is 0.164. The lowest BCUT2D eigenvalue weighted by atomic mass is 10.2. The fourth-order valence-corrected chi connectivity index (χ4v) is 1.62. The zero-order valence-corrected chi connectivity index (χ0v) is 8.00. The first-order chi connectivity index (χ1) is 6.40. The van der Waals surface area contributed by atoms with Crippen LogP contribution in [0, 0.1) is 0 Å². The van der Waals surface area contributed by atoms with E-state index in [0.717, 1.165) is 12.1 Å². The van der Waals surface area contributed by atoms with Crippen LogP contribution in [0.3, 0.4) is 0 Å². The lowest BCUT2D eigenvalue weighted by Crippen LogP contribution is -2.15. The first-order valence-corrected chi connectivity index (χ1v) is 4.93. The zero-order valence-electron chi connectivity index (χ0n) is 7.24. The average Bonchev–Trinajstić information content (AvgIpc) is 2.67. The van der Waals surface area contributed by atoms with Gasteiger partial charge in [-0.2, -0.15) is 0 Å². The van der Waals surface area contributed by atoms with Gasteiger partial charge in [0.25, 0.3) is 0 Å². The first kappa shape index (κ1) is 9.00. The highest BCUT2D eigenvalue weighted by molar-refractivity contribution is 6.18. The molecule has 0 bridgehead atoms. The molecule has 2 nitrogen and oxygen atoms in total. The maximum Gasteiger partial charge on any atom is 0.134 e. The predicted octanol–water partition coefficient (Wildman–Crippen LogP) is 1.91. The summed E-state index contributed by atoms with van der Waals surface area (Å²) >= 11 is 5.70. The number of rotatable bonds is 2. The predicted molar refractivity (Wildman–Crippen MR) is 52.8 cm³/mol. The Hall–Kier alpha value is -0.570. The van der Waals surface area contributed by atoms with Crippen molar-refractivity contribution in [3.05, 3.63) is 35.9 Å². The van der Waals surface area contributed by atoms with Crippen LogP contribution in [-0.4, -0.2) is 18.5 Å². The van der Waals surface area contributed by atoms with Gasteiger partial charge in [-0.3, -0.25) is 5.32 Å². The van der Waals surface area contributed by atoms with E-state index in [1.54, 1.807) is 0 Å². The minimum Gasteiger partial charge on any atom is -0.353 e. The highest BCUT2D eigenvalue weighted by Gasteiger charge is 2.24. The molecule has 70 valence electrons. The third-order valence-electron chi connectivity index (χ3n) is 2.13. The van der Waals surface area contributed by atoms with E-state index in [-0.39, 0.29) is 12.3 Å². The molecule has 1 N–H and O–H groups in total. The Morgan fingerprint density at radius 1 is 1.38 bits per heavy atom. The average molecular weight is 198 g/mol. The van der Waals surface area contributed by atoms with Crippen molar-refractivity contribution >= 4 is 11.6 Å². The summed E-state index contributed by atoms with van der Waals surface area (Å²) < 4.78 is 5.65. The number of ether oxygens (including phenoxy) is 1. The lowest BCUT2D eigenvalue weighted by Gasteiger charge is -2.10. The molecule has 0 aliphatic carbocycles. The second-order valence-electron chi connectivity index (χ2n) is 3.11. The number of nitrogens with one attached hydrogen (secondary N) is 1. The molecule has 0 amide bonds. The van der Waals surface area contributed by atoms with E-state index in [1.165, 1.54) is 0 Å². The van der Waals surface area contributed by atoms with Crippen molar-refractivity contribution in [2.45, 2.75) is 12.3 Å². The highest BCUT2D eigenvalue weighted by Crippen LogP contribution is 2.21. The van der Waals surface area contributed by atoms with Crippen molar-refractivity contribution in [1.29, 1.82) is 0 Å². The smallest absolute Gasteiger partial charge is 0.134 e. The lowest BCUT2D eigenvalue weighted by molar-refractivity contribution is 0.0528. The minimum absolute atomic E-state index is 0.0185. The monoisotopic (exact) mass is 197 g/mol. The molecule has 1 aromatic carbocycles. The molecule has 1 fully saturated rings. The van der Waals surface area contributed by atoms with Crippen LogP contribution in [0.4, 0.5) is 0 Å². The van der Waals surface area contributed by atoms with Crippen LogP contribution in [0.5, 0.6) is 0 Å². The molecule has 0 unspecified atom stereocenters. The van der Waals surface area contributed by atoms with E-state index in [1.807, 2.05) is 30.3 Å². The molecule has 0 radical (unpaired) electrons. The number of alkyl halides is 1. The second kappa shape index (κ2) is 4.09. The van der Waals surface area contributed by atoms with Crippen LogP contribution in [0.1, 0.15) is 11.8 Å². The van der Waals surface area contributed by atoms with Gasteiger partial charge in [0.2, 0.25) is 0 Å². The van der Waals surface area contributed by atoms with E-state index in [4.69, 9.17) is 16.3 Å². The van der Waals surface area contributed by atoms with Gasteiger partial charge in [0.15, 0.2) is 0 Å². The molecule has 2 atom stereocenters. The minimum atomic E-state index is 0.0185. The molecule has 3 heteroatoms. The van der Waals surface area contributed by atoms with Crippen LogP contribution in [0.2, 0.25) is 0 Å². The molecule has 13 heavy (non-hydrogen) atoms. The van der Waals surface area contributed by atoms with Crippen LogP contribution in [0.25, 0.3) is 0 Å². The maximum absolute atomic E-state index is 5.70. The van der Waals surface area contributed by atoms with E-state index in [9.17, 15) is 0 Å². The highest BCUT2D eigenvalue weighted by atomic mass is 35.5. The van der Waals surface area contributed by atoms with Crippen molar-refractivity contribution < 1.29 is 4.74 Å². The van der Waals surface area contributed by atoms with Crippen LogP contribution in [-0.2, 0) is 4.74 Å². The summed E-state index contributed by atoms with van der Waals surface area (Å²) in [5.74, 6) is 0.552. The third-order valence-corrected chi connectivity index (χ3v) is 2.48. The van der Waals surface area contributed by atoms with Gasteiger partial charge in [-0.25, -0.2) is 0 Å². The van der Waals surface area contributed by atoms with Crippen molar-refractivity contribution in [3.8, 4) is 0 Å². The Morgan fingerprint density at radius 2 is 2.15 bits per heavy atom. The Bertz CT molecular complexity index is 265.